The van der Waals surface area contributed by atoms with Crippen LogP contribution in [0.25, 0.3) is 0 Å². The predicted molar refractivity (Wildman–Crippen MR) is 133 cm³/mol. The molecular formula is C26H34N2O4S. The first kappa shape index (κ1) is 25.0. The summed E-state index contributed by atoms with van der Waals surface area (Å²) in [7, 11) is 3.27. The molecule has 2 aromatic carbocycles. The Bertz CT molecular complexity index is 896. The Morgan fingerprint density at radius 2 is 1.52 bits per heavy atom. The molecule has 6 nitrogen and oxygen atoms in total. The molecule has 33 heavy (non-hydrogen) atoms. The molecule has 3 rings (SSSR count). The lowest BCUT2D eigenvalue weighted by atomic mass is 10.1. The first-order valence-corrected chi connectivity index (χ1v) is 12.6. The number of carbonyl (C=O) groups excluding carboxylic acids is 2. The molecule has 1 saturated carbocycles. The summed E-state index contributed by atoms with van der Waals surface area (Å²) >= 11 is 1.55. The van der Waals surface area contributed by atoms with Gasteiger partial charge < -0.3 is 19.7 Å². The molecule has 0 bridgehead atoms. The number of thioether (sulfide) groups is 1. The zero-order valence-corrected chi connectivity index (χ0v) is 20.5. The second-order valence-electron chi connectivity index (χ2n) is 8.38. The molecule has 1 atom stereocenters. The van der Waals surface area contributed by atoms with Crippen molar-refractivity contribution in [1.29, 1.82) is 0 Å². The first-order chi connectivity index (χ1) is 16.0. The summed E-state index contributed by atoms with van der Waals surface area (Å²) in [5, 5.41) is 3.14. The standard InChI is InChI=1S/C26H34N2O4S/c1-19(26(30)27-22-6-4-5-7-22)28(16-20-8-12-23(31-2)13-9-20)25(29)18-33-17-21-10-14-24(32-3)15-11-21/h8-15,19,22H,4-7,16-18H2,1-3H3,(H,27,30)/t19-/m1/s1. The van der Waals surface area contributed by atoms with E-state index in [4.69, 9.17) is 9.47 Å². The Morgan fingerprint density at radius 1 is 0.970 bits per heavy atom. The second kappa shape index (κ2) is 12.5. The molecule has 0 radical (unpaired) electrons. The summed E-state index contributed by atoms with van der Waals surface area (Å²) in [6.45, 7) is 2.20. The summed E-state index contributed by atoms with van der Waals surface area (Å²) in [6, 6.07) is 15.2. The minimum Gasteiger partial charge on any atom is -0.497 e. The van der Waals surface area contributed by atoms with Crippen LogP contribution in [0.3, 0.4) is 0 Å². The highest BCUT2D eigenvalue weighted by molar-refractivity contribution is 7.99. The van der Waals surface area contributed by atoms with E-state index in [1.165, 1.54) is 0 Å². The van der Waals surface area contributed by atoms with Crippen LogP contribution in [0.1, 0.15) is 43.7 Å². The molecule has 7 heteroatoms. The lowest BCUT2D eigenvalue weighted by Gasteiger charge is -2.29. The number of amides is 2. The van der Waals surface area contributed by atoms with Crippen LogP contribution in [-0.4, -0.2) is 48.8 Å². The average molecular weight is 471 g/mol. The molecule has 1 N–H and O–H groups in total. The molecule has 1 aliphatic rings. The van der Waals surface area contributed by atoms with Gasteiger partial charge in [0, 0.05) is 18.3 Å². The Hall–Kier alpha value is -2.67. The van der Waals surface area contributed by atoms with E-state index in [-0.39, 0.29) is 17.9 Å². The van der Waals surface area contributed by atoms with Crippen molar-refractivity contribution in [3.8, 4) is 11.5 Å². The Labute approximate surface area is 201 Å². The van der Waals surface area contributed by atoms with Gasteiger partial charge in [0.2, 0.25) is 11.8 Å². The van der Waals surface area contributed by atoms with E-state index in [2.05, 4.69) is 5.32 Å². The van der Waals surface area contributed by atoms with Crippen molar-refractivity contribution in [1.82, 2.24) is 10.2 Å². The average Bonchev–Trinajstić information content (AvgIpc) is 3.35. The van der Waals surface area contributed by atoms with Crippen molar-refractivity contribution in [3.63, 3.8) is 0 Å². The normalized spacial score (nSPS) is 14.5. The van der Waals surface area contributed by atoms with Gasteiger partial charge in [0.1, 0.15) is 17.5 Å². The van der Waals surface area contributed by atoms with Crippen molar-refractivity contribution in [2.45, 2.75) is 57.0 Å². The van der Waals surface area contributed by atoms with E-state index in [1.807, 2.05) is 55.5 Å². The SMILES string of the molecule is COc1ccc(CSCC(=O)N(Cc2ccc(OC)cc2)[C@H](C)C(=O)NC2CCCC2)cc1. The highest BCUT2D eigenvalue weighted by Gasteiger charge is 2.28. The number of carbonyl (C=O) groups is 2. The van der Waals surface area contributed by atoms with Gasteiger partial charge in [-0.05, 0) is 55.2 Å². The van der Waals surface area contributed by atoms with Gasteiger partial charge in [-0.25, -0.2) is 0 Å². The van der Waals surface area contributed by atoms with Crippen molar-refractivity contribution in [3.05, 3.63) is 59.7 Å². The molecule has 0 unspecified atom stereocenters. The number of rotatable bonds is 11. The Morgan fingerprint density at radius 3 is 2.06 bits per heavy atom. The van der Waals surface area contributed by atoms with Gasteiger partial charge in [0.05, 0.1) is 20.0 Å². The highest BCUT2D eigenvalue weighted by atomic mass is 32.2. The van der Waals surface area contributed by atoms with Gasteiger partial charge >= 0.3 is 0 Å². The fraction of sp³-hybridized carbons (Fsp3) is 0.462. The zero-order chi connectivity index (χ0) is 23.6. The smallest absolute Gasteiger partial charge is 0.242 e. The molecule has 1 fully saturated rings. The van der Waals surface area contributed by atoms with Gasteiger partial charge in [-0.2, -0.15) is 0 Å². The van der Waals surface area contributed by atoms with Crippen LogP contribution in [0.15, 0.2) is 48.5 Å². The van der Waals surface area contributed by atoms with E-state index in [0.29, 0.717) is 12.3 Å². The first-order valence-electron chi connectivity index (χ1n) is 11.4. The van der Waals surface area contributed by atoms with Gasteiger partial charge in [0.15, 0.2) is 0 Å². The number of hydrogen-bond acceptors (Lipinski definition) is 5. The lowest BCUT2D eigenvalue weighted by Crippen LogP contribution is -2.50. The largest absolute Gasteiger partial charge is 0.497 e. The van der Waals surface area contributed by atoms with Crippen LogP contribution in [0.4, 0.5) is 0 Å². The van der Waals surface area contributed by atoms with Gasteiger partial charge in [-0.3, -0.25) is 9.59 Å². The van der Waals surface area contributed by atoms with Crippen molar-refractivity contribution >= 4 is 23.6 Å². The topological polar surface area (TPSA) is 67.9 Å². The third-order valence-electron chi connectivity index (χ3n) is 6.03. The zero-order valence-electron chi connectivity index (χ0n) is 19.7. The Kier molecular flexibility index (Phi) is 9.48. The fourth-order valence-corrected chi connectivity index (χ4v) is 4.83. The van der Waals surface area contributed by atoms with Crippen LogP contribution in [0.2, 0.25) is 0 Å². The van der Waals surface area contributed by atoms with Gasteiger partial charge in [-0.1, -0.05) is 37.1 Å². The van der Waals surface area contributed by atoms with Crippen molar-refractivity contribution < 1.29 is 19.1 Å². The molecule has 0 aliphatic heterocycles. The van der Waals surface area contributed by atoms with E-state index < -0.39 is 6.04 Å². The third kappa shape index (κ3) is 7.42. The quantitative estimate of drug-likeness (QED) is 0.527. The van der Waals surface area contributed by atoms with Crippen LogP contribution >= 0.6 is 11.8 Å². The molecule has 0 saturated heterocycles. The molecule has 2 amide bonds. The summed E-state index contributed by atoms with van der Waals surface area (Å²) in [5.74, 6) is 2.48. The van der Waals surface area contributed by atoms with E-state index in [9.17, 15) is 9.59 Å². The molecule has 2 aromatic rings. The van der Waals surface area contributed by atoms with E-state index >= 15 is 0 Å². The maximum absolute atomic E-state index is 13.2. The van der Waals surface area contributed by atoms with E-state index in [1.54, 1.807) is 30.9 Å². The lowest BCUT2D eigenvalue weighted by molar-refractivity contribution is -0.138. The summed E-state index contributed by atoms with van der Waals surface area (Å²) in [6.07, 6.45) is 4.33. The van der Waals surface area contributed by atoms with Gasteiger partial charge in [-0.15, -0.1) is 11.8 Å². The van der Waals surface area contributed by atoms with Crippen molar-refractivity contribution in [2.24, 2.45) is 0 Å². The Balaban J connectivity index is 1.64. The number of benzene rings is 2. The van der Waals surface area contributed by atoms with Crippen LogP contribution in [0, 0.1) is 0 Å². The molecule has 1 aliphatic carbocycles. The maximum Gasteiger partial charge on any atom is 0.242 e. The summed E-state index contributed by atoms with van der Waals surface area (Å²) in [5.41, 5.74) is 2.09. The van der Waals surface area contributed by atoms with Crippen LogP contribution < -0.4 is 14.8 Å². The minimum atomic E-state index is -0.540. The minimum absolute atomic E-state index is 0.0431. The molecule has 0 aromatic heterocycles. The predicted octanol–water partition coefficient (Wildman–Crippen LogP) is 4.41. The highest BCUT2D eigenvalue weighted by Crippen LogP contribution is 2.21. The van der Waals surface area contributed by atoms with Crippen molar-refractivity contribution in [2.75, 3.05) is 20.0 Å². The molecule has 0 heterocycles. The molecular weight excluding hydrogens is 436 g/mol. The third-order valence-corrected chi connectivity index (χ3v) is 7.02. The second-order valence-corrected chi connectivity index (χ2v) is 9.36. The number of ether oxygens (including phenoxy) is 2. The number of hydrogen-bond donors (Lipinski definition) is 1. The van der Waals surface area contributed by atoms with E-state index in [0.717, 1.165) is 54.1 Å². The molecule has 178 valence electrons. The number of nitrogens with zero attached hydrogens (tertiary/aromatic N) is 1. The number of methoxy groups -OCH3 is 2. The van der Waals surface area contributed by atoms with Gasteiger partial charge in [0.25, 0.3) is 0 Å². The summed E-state index contributed by atoms with van der Waals surface area (Å²) < 4.78 is 10.4. The summed E-state index contributed by atoms with van der Waals surface area (Å²) in [4.78, 5) is 27.9. The molecule has 0 spiro atoms. The monoisotopic (exact) mass is 470 g/mol. The maximum atomic E-state index is 13.2. The number of nitrogens with one attached hydrogen (secondary N) is 1. The van der Waals surface area contributed by atoms with Crippen LogP contribution in [0.5, 0.6) is 11.5 Å². The fourth-order valence-electron chi connectivity index (χ4n) is 3.96. The van der Waals surface area contributed by atoms with Crippen LogP contribution in [-0.2, 0) is 21.9 Å².